The molecule has 0 saturated heterocycles. The molecule has 3 rings (SSSR count). The third kappa shape index (κ3) is 3.13. The molecule has 0 fully saturated rings. The maximum Gasteiger partial charge on any atom is 0.333 e. The Morgan fingerprint density at radius 2 is 1.58 bits per heavy atom. The van der Waals surface area contributed by atoms with Crippen molar-refractivity contribution in [1.29, 1.82) is 0 Å². The summed E-state index contributed by atoms with van der Waals surface area (Å²) >= 11 is 3.44. The molecule has 0 spiro atoms. The van der Waals surface area contributed by atoms with Crippen molar-refractivity contribution in [2.45, 2.75) is 0 Å². The molecule has 6 nitrogen and oxygen atoms in total. The molecule has 7 heteroatoms. The Hall–Kier alpha value is -2.93. The van der Waals surface area contributed by atoms with Crippen molar-refractivity contribution in [1.82, 2.24) is 9.13 Å². The molecule has 132 valence electrons. The van der Waals surface area contributed by atoms with Crippen LogP contribution in [0.25, 0.3) is 0 Å². The van der Waals surface area contributed by atoms with Gasteiger partial charge in [-0.3, -0.25) is 13.9 Å². The van der Waals surface area contributed by atoms with Gasteiger partial charge in [0.05, 0.1) is 11.4 Å². The van der Waals surface area contributed by atoms with Crippen molar-refractivity contribution in [2.24, 2.45) is 19.1 Å². The summed E-state index contributed by atoms with van der Waals surface area (Å²) in [5.74, 6) is -0.423. The highest BCUT2D eigenvalue weighted by atomic mass is 79.9. The van der Waals surface area contributed by atoms with Crippen LogP contribution in [0.3, 0.4) is 0 Å². The molecule has 26 heavy (non-hydrogen) atoms. The van der Waals surface area contributed by atoms with E-state index in [1.54, 1.807) is 18.2 Å². The highest BCUT2D eigenvalue weighted by molar-refractivity contribution is 9.10. The standard InChI is InChI=1S/C19H16BrN3O3/c1-22-17(24)15(18(25)23(2)19(22)26)16(12-8-4-3-5-9-12)21-14-11-7-6-10-13(14)20/h3-11,24H,1-2H3. The Kier molecular flexibility index (Phi) is 4.90. The van der Waals surface area contributed by atoms with Crippen molar-refractivity contribution in [3.63, 3.8) is 0 Å². The van der Waals surface area contributed by atoms with Crippen LogP contribution in [0.1, 0.15) is 11.1 Å². The minimum Gasteiger partial charge on any atom is -0.494 e. The van der Waals surface area contributed by atoms with Gasteiger partial charge in [-0.15, -0.1) is 0 Å². The van der Waals surface area contributed by atoms with E-state index in [0.29, 0.717) is 11.3 Å². The SMILES string of the molecule is Cn1c(O)c(C(=Nc2ccccc2Br)c2ccccc2)c(=O)n(C)c1=O. The summed E-state index contributed by atoms with van der Waals surface area (Å²) in [6.07, 6.45) is 0. The number of rotatable bonds is 3. The summed E-state index contributed by atoms with van der Waals surface area (Å²) in [5, 5.41) is 10.5. The summed E-state index contributed by atoms with van der Waals surface area (Å²) in [7, 11) is 2.77. The Labute approximate surface area is 157 Å². The molecule has 3 aromatic rings. The van der Waals surface area contributed by atoms with Crippen molar-refractivity contribution >= 4 is 27.3 Å². The van der Waals surface area contributed by atoms with E-state index >= 15 is 0 Å². The van der Waals surface area contributed by atoms with Crippen LogP contribution < -0.4 is 11.2 Å². The van der Waals surface area contributed by atoms with Gasteiger partial charge in [-0.1, -0.05) is 42.5 Å². The Morgan fingerprint density at radius 3 is 2.23 bits per heavy atom. The Bertz CT molecular complexity index is 1120. The van der Waals surface area contributed by atoms with E-state index in [-0.39, 0.29) is 11.3 Å². The normalized spacial score (nSPS) is 11.6. The molecule has 0 aliphatic heterocycles. The van der Waals surface area contributed by atoms with Gasteiger partial charge in [-0.2, -0.15) is 0 Å². The number of hydrogen-bond acceptors (Lipinski definition) is 4. The van der Waals surface area contributed by atoms with Crippen molar-refractivity contribution < 1.29 is 5.11 Å². The quantitative estimate of drug-likeness (QED) is 0.670. The summed E-state index contributed by atoms with van der Waals surface area (Å²) in [6, 6.07) is 16.4. The van der Waals surface area contributed by atoms with E-state index in [0.717, 1.165) is 13.6 Å². The van der Waals surface area contributed by atoms with Gasteiger partial charge in [0.2, 0.25) is 5.88 Å². The van der Waals surface area contributed by atoms with Crippen LogP contribution in [-0.2, 0) is 14.1 Å². The molecule has 2 aromatic carbocycles. The molecule has 0 saturated carbocycles. The lowest BCUT2D eigenvalue weighted by Gasteiger charge is -2.13. The predicted octanol–water partition coefficient (Wildman–Crippen LogP) is 2.72. The second kappa shape index (κ2) is 7.13. The lowest BCUT2D eigenvalue weighted by Crippen LogP contribution is -2.40. The number of hydrogen-bond donors (Lipinski definition) is 1. The van der Waals surface area contributed by atoms with E-state index in [1.807, 2.05) is 36.4 Å². The van der Waals surface area contributed by atoms with Gasteiger partial charge in [0, 0.05) is 24.1 Å². The van der Waals surface area contributed by atoms with E-state index < -0.39 is 17.1 Å². The van der Waals surface area contributed by atoms with Gasteiger partial charge < -0.3 is 5.11 Å². The van der Waals surface area contributed by atoms with E-state index in [1.165, 1.54) is 14.1 Å². The fraction of sp³-hybridized carbons (Fsp3) is 0.105. The highest BCUT2D eigenvalue weighted by Crippen LogP contribution is 2.27. The van der Waals surface area contributed by atoms with Gasteiger partial charge in [0.15, 0.2) is 0 Å². The zero-order valence-electron chi connectivity index (χ0n) is 14.2. The van der Waals surface area contributed by atoms with E-state index in [2.05, 4.69) is 20.9 Å². The minimum absolute atomic E-state index is 0.0310. The molecule has 0 radical (unpaired) electrons. The molecule has 0 amide bonds. The predicted molar refractivity (Wildman–Crippen MR) is 104 cm³/mol. The fourth-order valence-electron chi connectivity index (χ4n) is 2.56. The Morgan fingerprint density at radius 1 is 0.962 bits per heavy atom. The smallest absolute Gasteiger partial charge is 0.333 e. The summed E-state index contributed by atoms with van der Waals surface area (Å²) in [4.78, 5) is 29.4. The maximum atomic E-state index is 12.7. The first-order valence-electron chi connectivity index (χ1n) is 7.79. The highest BCUT2D eigenvalue weighted by Gasteiger charge is 2.21. The average Bonchev–Trinajstić information content (AvgIpc) is 2.66. The number of halogens is 1. The summed E-state index contributed by atoms with van der Waals surface area (Å²) in [6.45, 7) is 0. The molecule has 0 atom stereocenters. The fourth-order valence-corrected chi connectivity index (χ4v) is 2.94. The monoisotopic (exact) mass is 413 g/mol. The Balaban J connectivity index is 2.40. The second-order valence-electron chi connectivity index (χ2n) is 5.68. The van der Waals surface area contributed by atoms with E-state index in [9.17, 15) is 14.7 Å². The average molecular weight is 414 g/mol. The molecule has 0 bridgehead atoms. The van der Waals surface area contributed by atoms with Crippen molar-refractivity contribution in [3.05, 3.63) is 91.0 Å². The van der Waals surface area contributed by atoms with Gasteiger partial charge in [0.1, 0.15) is 5.56 Å². The zero-order valence-corrected chi connectivity index (χ0v) is 15.8. The first-order chi connectivity index (χ1) is 12.4. The number of aromatic nitrogens is 2. The first-order valence-corrected chi connectivity index (χ1v) is 8.59. The number of para-hydroxylation sites is 1. The molecular weight excluding hydrogens is 398 g/mol. The van der Waals surface area contributed by atoms with Gasteiger partial charge >= 0.3 is 5.69 Å². The van der Waals surface area contributed by atoms with Crippen LogP contribution in [0.5, 0.6) is 5.88 Å². The van der Waals surface area contributed by atoms with Crippen molar-refractivity contribution in [3.8, 4) is 5.88 Å². The molecule has 0 aliphatic carbocycles. The van der Waals surface area contributed by atoms with Crippen molar-refractivity contribution in [2.75, 3.05) is 0 Å². The number of aliphatic imine (C=N–C) groups is 1. The minimum atomic E-state index is -0.611. The first kappa shape index (κ1) is 17.9. The largest absolute Gasteiger partial charge is 0.494 e. The van der Waals surface area contributed by atoms with Crippen LogP contribution in [0.15, 0.2) is 73.7 Å². The van der Waals surface area contributed by atoms with Gasteiger partial charge in [-0.05, 0) is 28.1 Å². The molecule has 1 aromatic heterocycles. The van der Waals surface area contributed by atoms with Gasteiger partial charge in [0.25, 0.3) is 5.56 Å². The van der Waals surface area contributed by atoms with Gasteiger partial charge in [-0.25, -0.2) is 9.79 Å². The summed E-state index contributed by atoms with van der Waals surface area (Å²) in [5.41, 5.74) is 0.281. The van der Waals surface area contributed by atoms with Crippen LogP contribution in [0.4, 0.5) is 5.69 Å². The topological polar surface area (TPSA) is 76.6 Å². The third-order valence-electron chi connectivity index (χ3n) is 4.00. The van der Waals surface area contributed by atoms with Crippen LogP contribution in [-0.4, -0.2) is 20.0 Å². The lowest BCUT2D eigenvalue weighted by atomic mass is 10.0. The zero-order chi connectivity index (χ0) is 18.8. The molecule has 1 N–H and O–H groups in total. The number of nitrogens with zero attached hydrogens (tertiary/aromatic N) is 3. The van der Waals surface area contributed by atoms with Crippen LogP contribution in [0.2, 0.25) is 0 Å². The number of aromatic hydroxyl groups is 1. The van der Waals surface area contributed by atoms with Crippen LogP contribution in [0, 0.1) is 0 Å². The molecule has 0 unspecified atom stereocenters. The maximum absolute atomic E-state index is 12.7. The second-order valence-corrected chi connectivity index (χ2v) is 6.54. The third-order valence-corrected chi connectivity index (χ3v) is 4.67. The summed E-state index contributed by atoms with van der Waals surface area (Å²) < 4.78 is 2.72. The molecule has 1 heterocycles. The lowest BCUT2D eigenvalue weighted by molar-refractivity contribution is 0.410. The molecular formula is C19H16BrN3O3. The number of benzene rings is 2. The van der Waals surface area contributed by atoms with E-state index in [4.69, 9.17) is 0 Å². The molecule has 0 aliphatic rings. The van der Waals surface area contributed by atoms with Crippen LogP contribution >= 0.6 is 15.9 Å².